The van der Waals surface area contributed by atoms with Crippen LogP contribution >= 0.6 is 15.9 Å². The van der Waals surface area contributed by atoms with Crippen LogP contribution in [0.2, 0.25) is 0 Å². The van der Waals surface area contributed by atoms with Gasteiger partial charge in [-0.25, -0.2) is 0 Å². The van der Waals surface area contributed by atoms with Gasteiger partial charge < -0.3 is 4.90 Å². The largest absolute Gasteiger partial charge is 0.374 e. The predicted octanol–water partition coefficient (Wildman–Crippen LogP) is 5.12. The molecule has 1 rings (SSSR count). The summed E-state index contributed by atoms with van der Waals surface area (Å²) in [7, 11) is 2.08. The summed E-state index contributed by atoms with van der Waals surface area (Å²) >= 11 is 3.46. The van der Waals surface area contributed by atoms with E-state index in [4.69, 9.17) is 5.26 Å². The summed E-state index contributed by atoms with van der Waals surface area (Å²) in [6.07, 6.45) is 9.18. The average Bonchev–Trinajstić information content (AvgIpc) is 2.49. The molecule has 0 N–H and O–H groups in total. The number of nitriles is 1. The van der Waals surface area contributed by atoms with E-state index >= 15 is 0 Å². The first-order valence-corrected chi connectivity index (χ1v) is 8.68. The van der Waals surface area contributed by atoms with Gasteiger partial charge in [-0.3, -0.25) is 0 Å². The summed E-state index contributed by atoms with van der Waals surface area (Å²) < 4.78 is 0. The number of rotatable bonds is 10. The van der Waals surface area contributed by atoms with Crippen LogP contribution in [0.25, 0.3) is 0 Å². The van der Waals surface area contributed by atoms with Crippen LogP contribution in [0, 0.1) is 11.3 Å². The molecule has 20 heavy (non-hydrogen) atoms. The molecule has 0 saturated carbocycles. The molecular formula is C17H25BrN2. The number of anilines is 1. The minimum atomic E-state index is 0.768. The lowest BCUT2D eigenvalue weighted by molar-refractivity contribution is 0.590. The van der Waals surface area contributed by atoms with Gasteiger partial charge >= 0.3 is 0 Å². The van der Waals surface area contributed by atoms with Crippen LogP contribution in [-0.4, -0.2) is 18.9 Å². The van der Waals surface area contributed by atoms with Crippen LogP contribution in [0.1, 0.15) is 50.5 Å². The summed E-state index contributed by atoms with van der Waals surface area (Å²) in [6, 6.07) is 10.1. The highest BCUT2D eigenvalue weighted by molar-refractivity contribution is 9.09. The van der Waals surface area contributed by atoms with Crippen molar-refractivity contribution in [2.24, 2.45) is 0 Å². The Labute approximate surface area is 131 Å². The number of benzene rings is 1. The molecule has 0 unspecified atom stereocenters. The molecule has 0 bridgehead atoms. The molecule has 0 spiro atoms. The van der Waals surface area contributed by atoms with E-state index in [0.717, 1.165) is 23.1 Å². The number of para-hydroxylation sites is 1. The van der Waals surface area contributed by atoms with Crippen molar-refractivity contribution in [1.82, 2.24) is 0 Å². The van der Waals surface area contributed by atoms with Crippen molar-refractivity contribution < 1.29 is 0 Å². The third-order valence-electron chi connectivity index (χ3n) is 3.56. The zero-order chi connectivity index (χ0) is 14.6. The fourth-order valence-corrected chi connectivity index (χ4v) is 2.75. The van der Waals surface area contributed by atoms with Gasteiger partial charge in [0.05, 0.1) is 11.3 Å². The lowest BCUT2D eigenvalue weighted by Gasteiger charge is -2.20. The zero-order valence-corrected chi connectivity index (χ0v) is 14.0. The monoisotopic (exact) mass is 336 g/mol. The normalized spacial score (nSPS) is 10.2. The first kappa shape index (κ1) is 17.0. The highest BCUT2D eigenvalue weighted by atomic mass is 79.9. The number of halogens is 1. The SMILES string of the molecule is CN(CCCCCCCCCBr)c1ccccc1C#N. The molecular weight excluding hydrogens is 312 g/mol. The molecule has 2 nitrogen and oxygen atoms in total. The lowest BCUT2D eigenvalue weighted by atomic mass is 10.1. The van der Waals surface area contributed by atoms with Gasteiger partial charge in [-0.2, -0.15) is 5.26 Å². The maximum Gasteiger partial charge on any atom is 0.101 e. The second-order valence-electron chi connectivity index (χ2n) is 5.21. The molecule has 0 heterocycles. The summed E-state index contributed by atoms with van der Waals surface area (Å²) in [6.45, 7) is 1.03. The van der Waals surface area contributed by atoms with Crippen LogP contribution in [-0.2, 0) is 0 Å². The molecule has 0 aliphatic rings. The van der Waals surface area contributed by atoms with Crippen molar-refractivity contribution in [2.45, 2.75) is 44.9 Å². The number of nitrogens with zero attached hydrogens (tertiary/aromatic N) is 2. The fraction of sp³-hybridized carbons (Fsp3) is 0.588. The van der Waals surface area contributed by atoms with Crippen molar-refractivity contribution >= 4 is 21.6 Å². The Morgan fingerprint density at radius 1 is 1.00 bits per heavy atom. The van der Waals surface area contributed by atoms with E-state index in [2.05, 4.69) is 33.9 Å². The van der Waals surface area contributed by atoms with Crippen LogP contribution in [0.3, 0.4) is 0 Å². The van der Waals surface area contributed by atoms with E-state index in [-0.39, 0.29) is 0 Å². The van der Waals surface area contributed by atoms with Gasteiger partial charge in [0.2, 0.25) is 0 Å². The first-order chi connectivity index (χ1) is 9.79. The molecule has 0 aromatic heterocycles. The second kappa shape index (κ2) is 10.7. The van der Waals surface area contributed by atoms with Crippen molar-refractivity contribution in [3.63, 3.8) is 0 Å². The van der Waals surface area contributed by atoms with Gasteiger partial charge in [-0.15, -0.1) is 0 Å². The topological polar surface area (TPSA) is 27.0 Å². The van der Waals surface area contributed by atoms with E-state index in [0.29, 0.717) is 0 Å². The minimum Gasteiger partial charge on any atom is -0.374 e. The number of hydrogen-bond donors (Lipinski definition) is 0. The quantitative estimate of drug-likeness (QED) is 0.438. The Hall–Kier alpha value is -1.01. The Bertz CT molecular complexity index is 412. The van der Waals surface area contributed by atoms with Gasteiger partial charge in [-0.1, -0.05) is 60.2 Å². The Morgan fingerprint density at radius 3 is 2.25 bits per heavy atom. The van der Waals surface area contributed by atoms with Crippen LogP contribution in [0.5, 0.6) is 0 Å². The predicted molar refractivity (Wildman–Crippen MR) is 90.5 cm³/mol. The standard InChI is InChI=1S/C17H25BrN2/c1-20(17-12-8-7-11-16(17)15-19)14-10-6-4-2-3-5-9-13-18/h7-8,11-12H,2-6,9-10,13-14H2,1H3. The summed E-state index contributed by atoms with van der Waals surface area (Å²) in [5, 5.41) is 10.2. The van der Waals surface area contributed by atoms with Gasteiger partial charge in [0.1, 0.15) is 6.07 Å². The van der Waals surface area contributed by atoms with Crippen molar-refractivity contribution in [2.75, 3.05) is 23.8 Å². The molecule has 1 aromatic rings. The molecule has 1 aromatic carbocycles. The third kappa shape index (κ3) is 6.43. The summed E-state index contributed by atoms with van der Waals surface area (Å²) in [5.41, 5.74) is 1.82. The first-order valence-electron chi connectivity index (χ1n) is 7.56. The molecule has 0 amide bonds. The summed E-state index contributed by atoms with van der Waals surface area (Å²) in [5.74, 6) is 0. The maximum absolute atomic E-state index is 9.10. The van der Waals surface area contributed by atoms with E-state index in [1.807, 2.05) is 24.3 Å². The maximum atomic E-state index is 9.10. The second-order valence-corrected chi connectivity index (χ2v) is 6.01. The lowest BCUT2D eigenvalue weighted by Crippen LogP contribution is -2.19. The average molecular weight is 337 g/mol. The third-order valence-corrected chi connectivity index (χ3v) is 4.12. The van der Waals surface area contributed by atoms with E-state index in [1.165, 1.54) is 44.9 Å². The zero-order valence-electron chi connectivity index (χ0n) is 12.4. The molecule has 0 saturated heterocycles. The minimum absolute atomic E-state index is 0.768. The molecule has 3 heteroatoms. The highest BCUT2D eigenvalue weighted by Crippen LogP contribution is 2.18. The number of hydrogen-bond acceptors (Lipinski definition) is 2. The Morgan fingerprint density at radius 2 is 1.60 bits per heavy atom. The van der Waals surface area contributed by atoms with Gasteiger partial charge in [0, 0.05) is 18.9 Å². The van der Waals surface area contributed by atoms with Crippen molar-refractivity contribution in [1.29, 1.82) is 5.26 Å². The molecule has 0 aliphatic carbocycles. The molecule has 0 fully saturated rings. The van der Waals surface area contributed by atoms with Gasteiger partial charge in [0.25, 0.3) is 0 Å². The van der Waals surface area contributed by atoms with E-state index in [1.54, 1.807) is 0 Å². The van der Waals surface area contributed by atoms with E-state index in [9.17, 15) is 0 Å². The van der Waals surface area contributed by atoms with Crippen molar-refractivity contribution in [3.8, 4) is 6.07 Å². The molecule has 110 valence electrons. The highest BCUT2D eigenvalue weighted by Gasteiger charge is 2.05. The van der Waals surface area contributed by atoms with E-state index < -0.39 is 0 Å². The number of unbranched alkanes of at least 4 members (excludes halogenated alkanes) is 6. The van der Waals surface area contributed by atoms with Crippen LogP contribution in [0.4, 0.5) is 5.69 Å². The molecule has 0 aliphatic heterocycles. The van der Waals surface area contributed by atoms with Gasteiger partial charge in [-0.05, 0) is 25.0 Å². The molecule has 0 radical (unpaired) electrons. The van der Waals surface area contributed by atoms with Crippen LogP contribution in [0.15, 0.2) is 24.3 Å². The summed E-state index contributed by atoms with van der Waals surface area (Å²) in [4.78, 5) is 2.20. The number of alkyl halides is 1. The molecule has 0 atom stereocenters. The smallest absolute Gasteiger partial charge is 0.101 e. The van der Waals surface area contributed by atoms with Gasteiger partial charge in [0.15, 0.2) is 0 Å². The Balaban J connectivity index is 2.17. The van der Waals surface area contributed by atoms with Crippen LogP contribution < -0.4 is 4.90 Å². The fourth-order valence-electron chi connectivity index (χ4n) is 2.35. The Kier molecular flexibility index (Phi) is 9.15. The van der Waals surface area contributed by atoms with Crippen molar-refractivity contribution in [3.05, 3.63) is 29.8 Å².